The van der Waals surface area contributed by atoms with Crippen molar-refractivity contribution in [2.45, 2.75) is 19.5 Å². The van der Waals surface area contributed by atoms with E-state index >= 15 is 0 Å². The largest absolute Gasteiger partial charge is 0.361 e. The minimum Gasteiger partial charge on any atom is -0.361 e. The number of anilines is 1. The van der Waals surface area contributed by atoms with E-state index in [0.29, 0.717) is 22.2 Å². The molecule has 22 heavy (non-hydrogen) atoms. The van der Waals surface area contributed by atoms with Gasteiger partial charge in [0.15, 0.2) is 0 Å². The third-order valence-corrected chi connectivity index (χ3v) is 4.49. The Kier molecular flexibility index (Phi) is 4.27. The average molecular weight is 335 g/mol. The lowest BCUT2D eigenvalue weighted by Gasteiger charge is -2.38. The second-order valence-electron chi connectivity index (χ2n) is 5.26. The number of nitrogens with zero attached hydrogens (tertiary/aromatic N) is 1. The van der Waals surface area contributed by atoms with E-state index in [4.69, 9.17) is 23.2 Å². The molecule has 1 atom stereocenters. The fourth-order valence-corrected chi connectivity index (χ4v) is 3.02. The molecule has 0 aromatic heterocycles. The van der Waals surface area contributed by atoms with Crippen LogP contribution in [0.15, 0.2) is 42.5 Å². The number of carbonyl (C=O) groups is 1. The lowest BCUT2D eigenvalue weighted by Crippen LogP contribution is -2.43. The van der Waals surface area contributed by atoms with Crippen molar-refractivity contribution in [2.24, 2.45) is 0 Å². The molecule has 1 heterocycles. The fourth-order valence-electron chi connectivity index (χ4n) is 2.71. The first-order valence-electron chi connectivity index (χ1n) is 7.23. The molecule has 114 valence electrons. The number of fused-ring (bicyclic) bond motifs is 1. The highest BCUT2D eigenvalue weighted by molar-refractivity contribution is 6.42. The Labute approximate surface area is 139 Å². The van der Waals surface area contributed by atoms with Crippen LogP contribution < -0.4 is 5.32 Å². The first-order valence-corrected chi connectivity index (χ1v) is 7.99. The van der Waals surface area contributed by atoms with Gasteiger partial charge in [-0.3, -0.25) is 4.79 Å². The van der Waals surface area contributed by atoms with Crippen molar-refractivity contribution in [1.82, 2.24) is 4.90 Å². The summed E-state index contributed by atoms with van der Waals surface area (Å²) in [5, 5.41) is 4.43. The summed E-state index contributed by atoms with van der Waals surface area (Å²) in [5.74, 6) is 0.0345. The number of para-hydroxylation sites is 1. The predicted octanol–water partition coefficient (Wildman–Crippen LogP) is 4.97. The summed E-state index contributed by atoms with van der Waals surface area (Å²) in [7, 11) is 0. The van der Waals surface area contributed by atoms with E-state index in [0.717, 1.165) is 17.7 Å². The number of nitrogens with one attached hydrogen (secondary N) is 1. The maximum atomic E-state index is 12.8. The molecule has 3 nitrogen and oxygen atoms in total. The molecule has 1 aliphatic rings. The number of hydrogen-bond acceptors (Lipinski definition) is 2. The predicted molar refractivity (Wildman–Crippen MR) is 90.6 cm³/mol. The third-order valence-electron chi connectivity index (χ3n) is 3.75. The quantitative estimate of drug-likeness (QED) is 0.859. The number of rotatable bonds is 3. The van der Waals surface area contributed by atoms with Gasteiger partial charge in [0, 0.05) is 12.2 Å². The summed E-state index contributed by atoms with van der Waals surface area (Å²) in [6.45, 7) is 2.73. The Hall–Kier alpha value is -1.71. The summed E-state index contributed by atoms with van der Waals surface area (Å²) in [5.41, 5.74) is 2.47. The van der Waals surface area contributed by atoms with Crippen molar-refractivity contribution in [3.05, 3.63) is 63.6 Å². The van der Waals surface area contributed by atoms with Gasteiger partial charge in [-0.1, -0.05) is 48.3 Å². The Morgan fingerprint density at radius 1 is 1.14 bits per heavy atom. The van der Waals surface area contributed by atoms with E-state index in [1.54, 1.807) is 6.07 Å². The second kappa shape index (κ2) is 6.19. The molecule has 2 aromatic carbocycles. The standard InChI is InChI=1S/C17H16Cl2N2O/c1-2-9-21-16(11-7-8-13(18)14(19)10-11)20-15-6-4-3-5-12(15)17(21)22/h3-8,10,16,20H,2,9H2,1H3/t16-/m0/s1. The van der Waals surface area contributed by atoms with Crippen molar-refractivity contribution in [3.63, 3.8) is 0 Å². The smallest absolute Gasteiger partial charge is 0.257 e. The zero-order valence-electron chi connectivity index (χ0n) is 12.1. The van der Waals surface area contributed by atoms with Crippen LogP contribution in [0.3, 0.4) is 0 Å². The van der Waals surface area contributed by atoms with Gasteiger partial charge in [-0.05, 0) is 36.2 Å². The lowest BCUT2D eigenvalue weighted by molar-refractivity contribution is 0.0683. The summed E-state index contributed by atoms with van der Waals surface area (Å²) >= 11 is 12.1. The molecule has 0 spiro atoms. The highest BCUT2D eigenvalue weighted by Crippen LogP contribution is 2.35. The van der Waals surface area contributed by atoms with E-state index in [1.807, 2.05) is 41.3 Å². The fraction of sp³-hybridized carbons (Fsp3) is 0.235. The van der Waals surface area contributed by atoms with Crippen molar-refractivity contribution in [3.8, 4) is 0 Å². The van der Waals surface area contributed by atoms with Gasteiger partial charge < -0.3 is 10.2 Å². The van der Waals surface area contributed by atoms with Gasteiger partial charge in [0.25, 0.3) is 5.91 Å². The molecule has 0 bridgehead atoms. The number of halogens is 2. The normalized spacial score (nSPS) is 17.1. The Balaban J connectivity index is 2.05. The zero-order valence-corrected chi connectivity index (χ0v) is 13.7. The molecule has 0 unspecified atom stereocenters. The van der Waals surface area contributed by atoms with Crippen LogP contribution in [0.2, 0.25) is 10.0 Å². The van der Waals surface area contributed by atoms with Gasteiger partial charge in [-0.2, -0.15) is 0 Å². The number of hydrogen-bond donors (Lipinski definition) is 1. The molecule has 5 heteroatoms. The molecule has 0 aliphatic carbocycles. The summed E-state index contributed by atoms with van der Waals surface area (Å²) in [4.78, 5) is 14.6. The number of benzene rings is 2. The van der Waals surface area contributed by atoms with Crippen LogP contribution in [0.1, 0.15) is 35.4 Å². The molecular weight excluding hydrogens is 319 g/mol. The number of carbonyl (C=O) groups excluding carboxylic acids is 1. The number of amides is 1. The van der Waals surface area contributed by atoms with Crippen molar-refractivity contribution < 1.29 is 4.79 Å². The van der Waals surface area contributed by atoms with Gasteiger partial charge in [0.1, 0.15) is 6.17 Å². The second-order valence-corrected chi connectivity index (χ2v) is 6.08. The van der Waals surface area contributed by atoms with Gasteiger partial charge >= 0.3 is 0 Å². The monoisotopic (exact) mass is 334 g/mol. The van der Waals surface area contributed by atoms with Gasteiger partial charge in [0.2, 0.25) is 0 Å². The minimum atomic E-state index is -0.239. The summed E-state index contributed by atoms with van der Waals surface area (Å²) in [6, 6.07) is 13.0. The maximum absolute atomic E-state index is 12.8. The maximum Gasteiger partial charge on any atom is 0.257 e. The van der Waals surface area contributed by atoms with Gasteiger partial charge in [-0.15, -0.1) is 0 Å². The van der Waals surface area contributed by atoms with Crippen LogP contribution in [-0.4, -0.2) is 17.4 Å². The van der Waals surface area contributed by atoms with E-state index < -0.39 is 0 Å². The van der Waals surface area contributed by atoms with Crippen LogP contribution in [0.25, 0.3) is 0 Å². The van der Waals surface area contributed by atoms with Crippen molar-refractivity contribution >= 4 is 34.8 Å². The van der Waals surface area contributed by atoms with Crippen LogP contribution in [0.4, 0.5) is 5.69 Å². The van der Waals surface area contributed by atoms with Gasteiger partial charge in [-0.25, -0.2) is 0 Å². The molecule has 2 aromatic rings. The first kappa shape index (κ1) is 15.2. The summed E-state index contributed by atoms with van der Waals surface area (Å²) in [6.07, 6.45) is 0.644. The zero-order chi connectivity index (χ0) is 15.7. The van der Waals surface area contributed by atoms with Crippen molar-refractivity contribution in [2.75, 3.05) is 11.9 Å². The van der Waals surface area contributed by atoms with Crippen LogP contribution in [0.5, 0.6) is 0 Å². The summed E-state index contributed by atoms with van der Waals surface area (Å²) < 4.78 is 0. The van der Waals surface area contributed by atoms with E-state index in [2.05, 4.69) is 12.2 Å². The topological polar surface area (TPSA) is 32.3 Å². The Morgan fingerprint density at radius 3 is 2.64 bits per heavy atom. The van der Waals surface area contributed by atoms with Crippen LogP contribution >= 0.6 is 23.2 Å². The highest BCUT2D eigenvalue weighted by atomic mass is 35.5. The molecule has 3 rings (SSSR count). The average Bonchev–Trinajstić information content (AvgIpc) is 2.53. The highest BCUT2D eigenvalue weighted by Gasteiger charge is 2.32. The first-order chi connectivity index (χ1) is 10.6. The molecule has 1 N–H and O–H groups in total. The Bertz CT molecular complexity index is 718. The van der Waals surface area contributed by atoms with E-state index in [9.17, 15) is 4.79 Å². The SMILES string of the molecule is CCCN1C(=O)c2ccccc2N[C@@H]1c1ccc(Cl)c(Cl)c1. The molecule has 1 amide bonds. The van der Waals surface area contributed by atoms with Crippen LogP contribution in [-0.2, 0) is 0 Å². The van der Waals surface area contributed by atoms with Crippen LogP contribution in [0, 0.1) is 0 Å². The molecule has 0 radical (unpaired) electrons. The third kappa shape index (κ3) is 2.67. The molecule has 0 saturated carbocycles. The van der Waals surface area contributed by atoms with E-state index in [1.165, 1.54) is 0 Å². The van der Waals surface area contributed by atoms with Gasteiger partial charge in [0.05, 0.1) is 15.6 Å². The molecule has 1 aliphatic heterocycles. The van der Waals surface area contributed by atoms with E-state index in [-0.39, 0.29) is 12.1 Å². The Morgan fingerprint density at radius 2 is 1.91 bits per heavy atom. The minimum absolute atomic E-state index is 0.0345. The molecule has 0 fully saturated rings. The molecular formula is C17H16Cl2N2O. The lowest BCUT2D eigenvalue weighted by atomic mass is 10.0. The van der Waals surface area contributed by atoms with Crippen molar-refractivity contribution in [1.29, 1.82) is 0 Å². The molecule has 0 saturated heterocycles.